The van der Waals surface area contributed by atoms with Gasteiger partial charge in [0.25, 0.3) is 0 Å². The topological polar surface area (TPSA) is 527 Å². The van der Waals surface area contributed by atoms with Gasteiger partial charge in [-0.2, -0.15) is 49.8 Å². The number of imidazole rings is 3. The van der Waals surface area contributed by atoms with E-state index in [9.17, 15) is 14.4 Å². The fourth-order valence-corrected chi connectivity index (χ4v) is 10.9. The lowest BCUT2D eigenvalue weighted by atomic mass is 10.2. The van der Waals surface area contributed by atoms with Crippen LogP contribution in [-0.4, -0.2) is 135 Å². The number of aromatic nitrogens is 16. The maximum Gasteiger partial charge on any atom is 0.330 e. The number of nitrogens with two attached hydrogens (primary N) is 8. The molecule has 103 heavy (non-hydrogen) atoms. The zero-order valence-corrected chi connectivity index (χ0v) is 60.2. The van der Waals surface area contributed by atoms with Gasteiger partial charge in [0, 0.05) is 20.6 Å². The summed E-state index contributed by atoms with van der Waals surface area (Å²) in [6, 6.07) is 21.8. The average molecular weight is 1520 g/mol. The third kappa shape index (κ3) is 17.6. The molecule has 0 bridgehead atoms. The Morgan fingerprint density at radius 2 is 0.718 bits per heavy atom. The zero-order valence-electron chi connectivity index (χ0n) is 56.5. The molecule has 0 saturated heterocycles. The van der Waals surface area contributed by atoms with Gasteiger partial charge in [0.1, 0.15) is 27.9 Å². The van der Waals surface area contributed by atoms with Crippen LogP contribution in [0.3, 0.4) is 0 Å². The van der Waals surface area contributed by atoms with Crippen LogP contribution < -0.4 is 112 Å². The van der Waals surface area contributed by atoms with E-state index in [4.69, 9.17) is 142 Å². The fourth-order valence-electron chi connectivity index (χ4n) is 9.83. The number of nitrogen functional groups attached to an aromatic ring is 8. The smallest absolute Gasteiger partial charge is 0.330 e. The number of aromatic amines is 1. The molecule has 8 heterocycles. The Morgan fingerprint density at radius 3 is 1.16 bits per heavy atom. The Labute approximate surface area is 608 Å². The van der Waals surface area contributed by atoms with E-state index in [0.29, 0.717) is 91.9 Å². The van der Waals surface area contributed by atoms with Crippen LogP contribution in [0.25, 0.3) is 33.5 Å². The number of ether oxygens (including phenoxy) is 8. The van der Waals surface area contributed by atoms with Crippen molar-refractivity contribution in [2.45, 2.75) is 26.2 Å². The second-order valence-corrected chi connectivity index (χ2v) is 22.8. The number of methoxy groups -OCH3 is 8. The van der Waals surface area contributed by atoms with Crippen molar-refractivity contribution in [3.8, 4) is 46.0 Å². The number of anilines is 9. The lowest BCUT2D eigenvalue weighted by molar-refractivity contribution is 0.354. The van der Waals surface area contributed by atoms with E-state index in [0.717, 1.165) is 22.3 Å². The van der Waals surface area contributed by atoms with Crippen molar-refractivity contribution in [2.24, 2.45) is 19.9 Å². The van der Waals surface area contributed by atoms with Crippen molar-refractivity contribution in [3.63, 3.8) is 0 Å². The van der Waals surface area contributed by atoms with Gasteiger partial charge in [0.05, 0.1) is 76.5 Å². The zero-order chi connectivity index (χ0) is 75.3. The minimum atomic E-state index is -0.350. The normalized spacial score (nSPS) is 10.7. The Bertz CT molecular complexity index is 5240. The van der Waals surface area contributed by atoms with E-state index in [1.807, 2.05) is 36.4 Å². The number of hydrogen-bond donors (Lipinski definition) is 11. The van der Waals surface area contributed by atoms with Gasteiger partial charge in [-0.05, 0) is 70.8 Å². The van der Waals surface area contributed by atoms with Gasteiger partial charge < -0.3 is 93.8 Å². The van der Waals surface area contributed by atoms with Gasteiger partial charge >= 0.3 is 17.1 Å². The molecule has 12 aromatic rings. The van der Waals surface area contributed by atoms with Gasteiger partial charge in [-0.15, -0.1) is 0 Å². The van der Waals surface area contributed by atoms with E-state index >= 15 is 0 Å². The predicted octanol–water partition coefficient (Wildman–Crippen LogP) is 5.79. The van der Waals surface area contributed by atoms with Crippen LogP contribution in [0.15, 0.2) is 87.2 Å². The number of benzene rings is 4. The number of halogens is 5. The second kappa shape index (κ2) is 34.0. The molecule has 0 spiro atoms. The molecule has 0 unspecified atom stereocenters. The van der Waals surface area contributed by atoms with E-state index < -0.39 is 0 Å². The highest BCUT2D eigenvalue weighted by molar-refractivity contribution is 6.37. The quantitative estimate of drug-likeness (QED) is 0.0275. The van der Waals surface area contributed by atoms with Crippen LogP contribution in [0.2, 0.25) is 25.8 Å². The molecule has 0 amide bonds. The molecule has 544 valence electrons. The van der Waals surface area contributed by atoms with Crippen molar-refractivity contribution in [3.05, 3.63) is 152 Å². The molecule has 0 aliphatic rings. The number of nitrogens with zero attached hydrogens (tertiary/aromatic N) is 15. The molecule has 0 radical (unpaired) electrons. The van der Waals surface area contributed by atoms with Gasteiger partial charge in [-0.1, -0.05) is 82.3 Å². The SMILES string of the molecule is COc1ccc(CNc2nc(N)nc(Cl)c2N)cc1OC.COc1ccc(Cn2c(=O)[nH]c3c(Cl)nc(N)nc32)cc1OC.COc1ccc(Cn2c(=O)n(C)c3c(Cl)nc(N)nc32)cc1OC.COc1ccc(Cn2c(=O)n(C)c3c(NN)nc(N)nc32)cc1OC.Nc1nc(Cl)c(N)c(Cl)n1. The summed E-state index contributed by atoms with van der Waals surface area (Å²) < 4.78 is 49.2. The average Bonchev–Trinajstić information content (AvgIpc) is 1.62. The minimum Gasteiger partial charge on any atom is -0.493 e. The van der Waals surface area contributed by atoms with Crippen molar-refractivity contribution in [2.75, 3.05) is 108 Å². The largest absolute Gasteiger partial charge is 0.493 e. The third-order valence-electron chi connectivity index (χ3n) is 14.7. The Morgan fingerprint density at radius 1 is 0.388 bits per heavy atom. The van der Waals surface area contributed by atoms with Gasteiger partial charge in [0.2, 0.25) is 29.7 Å². The Balaban J connectivity index is 0.000000167. The third-order valence-corrected chi connectivity index (χ3v) is 16.1. The first-order valence-electron chi connectivity index (χ1n) is 29.5. The number of H-pyrrole nitrogens is 1. The molecule has 0 aliphatic heterocycles. The van der Waals surface area contributed by atoms with Crippen LogP contribution >= 0.6 is 58.0 Å². The summed E-state index contributed by atoms with van der Waals surface area (Å²) in [4.78, 5) is 79.1. The van der Waals surface area contributed by atoms with E-state index in [1.165, 1.54) is 22.8 Å². The summed E-state index contributed by atoms with van der Waals surface area (Å²) in [5.41, 5.74) is 46.7. The molecular weight excluding hydrogens is 1450 g/mol. The van der Waals surface area contributed by atoms with E-state index in [1.54, 1.807) is 107 Å². The number of hydrazine groups is 1. The fraction of sp³-hybridized carbons (Fsp3) is 0.230. The van der Waals surface area contributed by atoms with Crippen LogP contribution in [0.5, 0.6) is 46.0 Å². The van der Waals surface area contributed by atoms with Crippen molar-refractivity contribution >= 4 is 144 Å². The number of nitrogens with one attached hydrogen (secondary N) is 3. The number of hydrogen-bond acceptors (Lipinski definition) is 31. The molecule has 0 saturated carbocycles. The molecule has 0 atom stereocenters. The molecule has 37 nitrogen and oxygen atoms in total. The van der Waals surface area contributed by atoms with E-state index in [-0.39, 0.29) is 109 Å². The molecular formula is C61H69Cl5N26O11. The number of fused-ring (bicyclic) bond motifs is 3. The van der Waals surface area contributed by atoms with Crippen molar-refractivity contribution in [1.29, 1.82) is 0 Å². The summed E-state index contributed by atoms with van der Waals surface area (Å²) in [7, 11) is 15.7. The monoisotopic (exact) mass is 1520 g/mol. The highest BCUT2D eigenvalue weighted by Crippen LogP contribution is 2.34. The maximum atomic E-state index is 12.6. The Hall–Kier alpha value is -11.9. The van der Waals surface area contributed by atoms with Crippen LogP contribution in [-0.2, 0) is 40.3 Å². The summed E-state index contributed by atoms with van der Waals surface area (Å²) in [5.74, 6) is 11.1. The molecule has 42 heteroatoms. The van der Waals surface area contributed by atoms with Crippen LogP contribution in [0, 0.1) is 0 Å². The highest BCUT2D eigenvalue weighted by atomic mass is 35.5. The molecule has 8 aromatic heterocycles. The molecule has 4 aromatic carbocycles. The number of aryl methyl sites for hydroxylation is 2. The first-order valence-corrected chi connectivity index (χ1v) is 31.4. The van der Waals surface area contributed by atoms with E-state index in [2.05, 4.69) is 65.6 Å². The standard InChI is InChI=1S/C15H16ClN5O3.C15H19N7O3.C14H14ClN5O3.C13H16ClN5O2.C4H4Cl2N4/c1-20-11-12(16)18-14(17)19-13(11)21(15(20)22)7-8-4-5-9(23-2)10(6-8)24-3;1-21-11-12(20-17)18-14(16)19-13(11)22(15(21)23)7-8-4-5-9(24-2)10(6-8)25-3;1-22-8-4-3-7(5-9(8)23-2)6-20-12-10(17-14(20)21)11(15)18-13(16)19-12;1-20-8-4-3-7(5-9(8)21-2)6-17-12-10(15)11(14)18-13(16)19-12;5-2-1(7)3(6)10-4(8)9-2/h4-6H,7H2,1-3H3,(H2,17,18,19);4-6H,7,17H2,1-3H3,(H3,16,18,19,20);3-5H,6H2,1-2H3,(H,17,21)(H2,16,18,19);3-5H,6,15H2,1-2H3,(H3,16,17,18,19);7H2,(H2,8,9,10). The Kier molecular flexibility index (Phi) is 25.3. The van der Waals surface area contributed by atoms with Crippen molar-refractivity contribution < 1.29 is 37.9 Å². The molecule has 12 rings (SSSR count). The highest BCUT2D eigenvalue weighted by Gasteiger charge is 2.22. The van der Waals surface area contributed by atoms with Crippen molar-refractivity contribution in [1.82, 2.24) is 77.7 Å². The molecule has 0 aliphatic carbocycles. The molecule has 0 fully saturated rings. The summed E-state index contributed by atoms with van der Waals surface area (Å²) in [6.07, 6.45) is 0. The second-order valence-electron chi connectivity index (χ2n) is 21.1. The predicted molar refractivity (Wildman–Crippen MR) is 394 cm³/mol. The number of rotatable bonds is 18. The van der Waals surface area contributed by atoms with Crippen LogP contribution in [0.1, 0.15) is 22.3 Å². The summed E-state index contributed by atoms with van der Waals surface area (Å²) >= 11 is 28.9. The van der Waals surface area contributed by atoms with Gasteiger partial charge in [0.15, 0.2) is 100 Å². The first kappa shape index (κ1) is 76.8. The van der Waals surface area contributed by atoms with Gasteiger partial charge in [-0.25, -0.2) is 20.2 Å². The summed E-state index contributed by atoms with van der Waals surface area (Å²) in [6.45, 7) is 1.30. The minimum absolute atomic E-state index is 0.00237. The summed E-state index contributed by atoms with van der Waals surface area (Å²) in [5, 5.41) is 3.60. The van der Waals surface area contributed by atoms with Crippen LogP contribution in [0.4, 0.5) is 52.8 Å². The first-order chi connectivity index (χ1) is 49.1. The lowest BCUT2D eigenvalue weighted by Crippen LogP contribution is -2.23. The lowest BCUT2D eigenvalue weighted by Gasteiger charge is -2.12. The maximum absolute atomic E-state index is 12.6. The molecule has 19 N–H and O–H groups in total. The van der Waals surface area contributed by atoms with Gasteiger partial charge in [-0.3, -0.25) is 22.8 Å².